The van der Waals surface area contributed by atoms with E-state index < -0.39 is 23.9 Å². The summed E-state index contributed by atoms with van der Waals surface area (Å²) in [7, 11) is 0. The molecule has 0 aromatic heterocycles. The number of anilines is 1. The van der Waals surface area contributed by atoms with Gasteiger partial charge < -0.3 is 10.2 Å². The number of amides is 4. The Kier molecular flexibility index (Phi) is 6.77. The molecule has 3 aromatic carbocycles. The predicted octanol–water partition coefficient (Wildman–Crippen LogP) is 5.26. The second-order valence-corrected chi connectivity index (χ2v) is 8.88. The van der Waals surface area contributed by atoms with Crippen molar-refractivity contribution in [3.8, 4) is 0 Å². The van der Waals surface area contributed by atoms with Gasteiger partial charge in [-0.3, -0.25) is 14.5 Å². The van der Waals surface area contributed by atoms with Crippen LogP contribution in [0.1, 0.15) is 48.1 Å². The minimum atomic E-state index is -0.772. The van der Waals surface area contributed by atoms with Gasteiger partial charge in [0, 0.05) is 12.2 Å². The van der Waals surface area contributed by atoms with E-state index >= 15 is 0 Å². The van der Waals surface area contributed by atoms with Crippen LogP contribution < -0.4 is 5.32 Å². The van der Waals surface area contributed by atoms with Crippen molar-refractivity contribution in [3.63, 3.8) is 0 Å². The summed E-state index contributed by atoms with van der Waals surface area (Å²) in [5.41, 5.74) is 4.33. The van der Waals surface area contributed by atoms with E-state index in [-0.39, 0.29) is 19.0 Å². The smallest absolute Gasteiger partial charge is 0.324 e. The highest BCUT2D eigenvalue weighted by Crippen LogP contribution is 2.33. The van der Waals surface area contributed by atoms with Crippen molar-refractivity contribution in [2.45, 2.75) is 39.3 Å². The number of hydrogen-bond donors (Lipinski definition) is 1. The van der Waals surface area contributed by atoms with Gasteiger partial charge in [-0.15, -0.1) is 0 Å². The van der Waals surface area contributed by atoms with Crippen molar-refractivity contribution < 1.29 is 14.4 Å². The zero-order chi connectivity index (χ0) is 24.2. The zero-order valence-corrected chi connectivity index (χ0v) is 19.7. The third kappa shape index (κ3) is 4.71. The largest absolute Gasteiger partial charge is 0.328 e. The monoisotopic (exact) mass is 455 g/mol. The number of urea groups is 1. The topological polar surface area (TPSA) is 69.7 Å². The van der Waals surface area contributed by atoms with Crippen LogP contribution in [-0.4, -0.2) is 34.2 Å². The highest BCUT2D eigenvalue weighted by atomic mass is 16.2. The molecule has 1 saturated heterocycles. The lowest BCUT2D eigenvalue weighted by Gasteiger charge is -2.22. The van der Waals surface area contributed by atoms with E-state index in [1.165, 1.54) is 4.90 Å². The highest BCUT2D eigenvalue weighted by molar-refractivity contribution is 6.08. The molecule has 34 heavy (non-hydrogen) atoms. The van der Waals surface area contributed by atoms with Crippen LogP contribution in [0.5, 0.6) is 0 Å². The number of hydrogen-bond acceptors (Lipinski definition) is 3. The van der Waals surface area contributed by atoms with Gasteiger partial charge in [-0.1, -0.05) is 92.7 Å². The molecular formula is C28H29N3O3. The average molecular weight is 456 g/mol. The number of carbonyl (C=O) groups excluding carboxylic acids is 3. The first-order valence-corrected chi connectivity index (χ1v) is 11.5. The lowest BCUT2D eigenvalue weighted by atomic mass is 9.98. The molecule has 0 radical (unpaired) electrons. The van der Waals surface area contributed by atoms with Gasteiger partial charge in [0.05, 0.1) is 0 Å². The van der Waals surface area contributed by atoms with Gasteiger partial charge in [-0.25, -0.2) is 4.79 Å². The van der Waals surface area contributed by atoms with Crippen LogP contribution in [0.3, 0.4) is 0 Å². The Bertz CT molecular complexity index is 1190. The lowest BCUT2D eigenvalue weighted by molar-refractivity contribution is -0.131. The first kappa shape index (κ1) is 23.2. The molecule has 6 nitrogen and oxygen atoms in total. The summed E-state index contributed by atoms with van der Waals surface area (Å²) in [4.78, 5) is 42.4. The van der Waals surface area contributed by atoms with Crippen molar-refractivity contribution in [2.75, 3.05) is 11.9 Å². The van der Waals surface area contributed by atoms with Crippen molar-refractivity contribution in [1.29, 1.82) is 0 Å². The fourth-order valence-corrected chi connectivity index (χ4v) is 4.35. The van der Waals surface area contributed by atoms with E-state index in [1.54, 1.807) is 0 Å². The predicted molar refractivity (Wildman–Crippen MR) is 132 cm³/mol. The van der Waals surface area contributed by atoms with E-state index in [2.05, 4.69) is 19.2 Å². The van der Waals surface area contributed by atoms with Crippen molar-refractivity contribution in [2.24, 2.45) is 0 Å². The summed E-state index contributed by atoms with van der Waals surface area (Å²) < 4.78 is 0. The van der Waals surface area contributed by atoms with Gasteiger partial charge in [0.15, 0.2) is 0 Å². The van der Waals surface area contributed by atoms with Gasteiger partial charge in [0.1, 0.15) is 12.6 Å². The normalized spacial score (nSPS) is 15.8. The maximum atomic E-state index is 13.4. The third-order valence-corrected chi connectivity index (χ3v) is 6.09. The Morgan fingerprint density at radius 2 is 1.56 bits per heavy atom. The van der Waals surface area contributed by atoms with Gasteiger partial charge in [0.25, 0.3) is 5.91 Å². The maximum absolute atomic E-state index is 13.4. The van der Waals surface area contributed by atoms with Gasteiger partial charge in [0.2, 0.25) is 5.91 Å². The molecule has 0 bridgehead atoms. The molecule has 1 atom stereocenters. The Hall–Kier alpha value is -3.93. The molecule has 4 rings (SSSR count). The fourth-order valence-electron chi connectivity index (χ4n) is 4.35. The summed E-state index contributed by atoms with van der Waals surface area (Å²) in [5.74, 6) is -0.573. The number of para-hydroxylation sites is 1. The minimum Gasteiger partial charge on any atom is -0.324 e. The molecule has 0 spiro atoms. The molecule has 0 saturated carbocycles. The Labute approximate surface area is 200 Å². The number of aryl methyl sites for hydroxylation is 1. The first-order chi connectivity index (χ1) is 16.4. The molecule has 1 fully saturated rings. The zero-order valence-electron chi connectivity index (χ0n) is 19.7. The van der Waals surface area contributed by atoms with Crippen LogP contribution in [0, 0.1) is 6.92 Å². The van der Waals surface area contributed by atoms with Gasteiger partial charge >= 0.3 is 6.03 Å². The number of imide groups is 1. The van der Waals surface area contributed by atoms with Crippen LogP contribution in [-0.2, 0) is 16.1 Å². The summed E-state index contributed by atoms with van der Waals surface area (Å²) >= 11 is 0. The second-order valence-electron chi connectivity index (χ2n) is 8.88. The first-order valence-electron chi connectivity index (χ1n) is 11.5. The SMILES string of the molecule is Cc1cccc(C(C)C)c1NC(=O)CN1C(=O)C(c2ccccc2)N(Cc2ccccc2)C1=O. The molecular weight excluding hydrogens is 426 g/mol. The van der Waals surface area contributed by atoms with E-state index in [0.717, 1.165) is 32.8 Å². The van der Waals surface area contributed by atoms with Crippen LogP contribution in [0.2, 0.25) is 0 Å². The van der Waals surface area contributed by atoms with E-state index in [0.29, 0.717) is 0 Å². The third-order valence-electron chi connectivity index (χ3n) is 6.09. The van der Waals surface area contributed by atoms with Crippen molar-refractivity contribution >= 4 is 23.5 Å². The molecule has 1 aliphatic rings. The number of nitrogens with zero attached hydrogens (tertiary/aromatic N) is 2. The minimum absolute atomic E-state index is 0.217. The molecule has 3 aromatic rings. The van der Waals surface area contributed by atoms with Crippen LogP contribution in [0.25, 0.3) is 0 Å². The molecule has 4 amide bonds. The van der Waals surface area contributed by atoms with Crippen LogP contribution in [0.15, 0.2) is 78.9 Å². The van der Waals surface area contributed by atoms with E-state index in [1.807, 2.05) is 85.8 Å². The van der Waals surface area contributed by atoms with Gasteiger partial charge in [-0.05, 0) is 35.1 Å². The Morgan fingerprint density at radius 1 is 0.912 bits per heavy atom. The van der Waals surface area contributed by atoms with Crippen LogP contribution in [0.4, 0.5) is 10.5 Å². The summed E-state index contributed by atoms with van der Waals surface area (Å²) in [6, 6.07) is 23.4. The summed E-state index contributed by atoms with van der Waals surface area (Å²) in [5, 5.41) is 2.94. The Balaban J connectivity index is 1.59. The summed E-state index contributed by atoms with van der Waals surface area (Å²) in [6.07, 6.45) is 0. The summed E-state index contributed by atoms with van der Waals surface area (Å²) in [6.45, 7) is 5.99. The van der Waals surface area contributed by atoms with Crippen molar-refractivity contribution in [3.05, 3.63) is 101 Å². The molecule has 174 valence electrons. The molecule has 6 heteroatoms. The van der Waals surface area contributed by atoms with Gasteiger partial charge in [-0.2, -0.15) is 0 Å². The number of carbonyl (C=O) groups is 3. The maximum Gasteiger partial charge on any atom is 0.328 e. The van der Waals surface area contributed by atoms with Crippen LogP contribution >= 0.6 is 0 Å². The second kappa shape index (κ2) is 9.91. The highest BCUT2D eigenvalue weighted by Gasteiger charge is 2.46. The molecule has 0 aliphatic carbocycles. The van der Waals surface area contributed by atoms with E-state index in [9.17, 15) is 14.4 Å². The lowest BCUT2D eigenvalue weighted by Crippen LogP contribution is -2.39. The molecule has 1 N–H and O–H groups in total. The molecule has 1 aliphatic heterocycles. The molecule has 1 unspecified atom stereocenters. The number of nitrogens with one attached hydrogen (secondary N) is 1. The quantitative estimate of drug-likeness (QED) is 0.494. The average Bonchev–Trinajstić information content (AvgIpc) is 3.05. The molecule has 1 heterocycles. The van der Waals surface area contributed by atoms with E-state index in [4.69, 9.17) is 0 Å². The Morgan fingerprint density at radius 3 is 2.21 bits per heavy atom. The number of benzene rings is 3. The number of rotatable bonds is 7. The standard InChI is InChI=1S/C28H29N3O3/c1-19(2)23-16-10-11-20(3)25(23)29-24(32)18-31-27(33)26(22-14-8-5-9-15-22)30(28(31)34)17-21-12-6-4-7-13-21/h4-16,19,26H,17-18H2,1-3H3,(H,29,32). The van der Waals surface area contributed by atoms with Crippen molar-refractivity contribution in [1.82, 2.24) is 9.80 Å². The fraction of sp³-hybridized carbons (Fsp3) is 0.250.